The summed E-state index contributed by atoms with van der Waals surface area (Å²) in [5.74, 6) is 0.137. The molecule has 1 N–H and O–H groups in total. The van der Waals surface area contributed by atoms with Gasteiger partial charge in [0.15, 0.2) is 9.84 Å². The van der Waals surface area contributed by atoms with Gasteiger partial charge in [-0.1, -0.05) is 6.92 Å². The molecule has 0 aliphatic carbocycles. The summed E-state index contributed by atoms with van der Waals surface area (Å²) in [7, 11) is -1.10. The van der Waals surface area contributed by atoms with Crippen molar-refractivity contribution >= 4 is 15.5 Å². The van der Waals surface area contributed by atoms with Crippen LogP contribution in [0, 0.1) is 0 Å². The van der Waals surface area contributed by atoms with Gasteiger partial charge in [-0.3, -0.25) is 0 Å². The molecule has 1 aromatic rings. The monoisotopic (exact) mass is 298 g/mol. The van der Waals surface area contributed by atoms with E-state index in [0.29, 0.717) is 4.90 Å². The Balaban J connectivity index is 2.65. The van der Waals surface area contributed by atoms with Crippen molar-refractivity contribution in [2.24, 2.45) is 0 Å². The van der Waals surface area contributed by atoms with Crippen LogP contribution >= 0.6 is 0 Å². The van der Waals surface area contributed by atoms with Crippen LogP contribution in [0.3, 0.4) is 0 Å². The van der Waals surface area contributed by atoms with Crippen LogP contribution in [-0.2, 0) is 9.84 Å². The molecule has 5 heteroatoms. The highest BCUT2D eigenvalue weighted by molar-refractivity contribution is 7.91. The van der Waals surface area contributed by atoms with E-state index in [1.165, 1.54) is 0 Å². The first-order valence-electron chi connectivity index (χ1n) is 6.95. The highest BCUT2D eigenvalue weighted by Gasteiger charge is 2.12. The molecule has 1 aromatic carbocycles. The molecule has 1 rings (SSSR count). The van der Waals surface area contributed by atoms with Crippen molar-refractivity contribution in [2.45, 2.75) is 38.1 Å². The van der Waals surface area contributed by atoms with Crippen LogP contribution in [0.25, 0.3) is 0 Å². The van der Waals surface area contributed by atoms with Crippen LogP contribution in [0.4, 0.5) is 5.69 Å². The first-order valence-corrected chi connectivity index (χ1v) is 8.60. The Kier molecular flexibility index (Phi) is 5.59. The summed E-state index contributed by atoms with van der Waals surface area (Å²) in [6.45, 7) is 9.83. The maximum Gasteiger partial charge on any atom is 0.178 e. The van der Waals surface area contributed by atoms with Gasteiger partial charge in [-0.15, -0.1) is 0 Å². The fourth-order valence-electron chi connectivity index (χ4n) is 1.80. The van der Waals surface area contributed by atoms with Gasteiger partial charge in [-0.2, -0.15) is 0 Å². The van der Waals surface area contributed by atoms with E-state index < -0.39 is 9.84 Å². The van der Waals surface area contributed by atoms with Crippen molar-refractivity contribution < 1.29 is 8.42 Å². The first kappa shape index (κ1) is 17.0. The Labute approximate surface area is 123 Å². The van der Waals surface area contributed by atoms with Crippen LogP contribution in [-0.4, -0.2) is 39.8 Å². The average molecular weight is 298 g/mol. The van der Waals surface area contributed by atoms with Gasteiger partial charge < -0.3 is 10.2 Å². The summed E-state index contributed by atoms with van der Waals surface area (Å²) in [5, 5.41) is 3.43. The van der Waals surface area contributed by atoms with E-state index >= 15 is 0 Å². The van der Waals surface area contributed by atoms with Crippen molar-refractivity contribution in [3.8, 4) is 0 Å². The van der Waals surface area contributed by atoms with Crippen molar-refractivity contribution in [3.63, 3.8) is 0 Å². The van der Waals surface area contributed by atoms with Crippen LogP contribution < -0.4 is 10.2 Å². The van der Waals surface area contributed by atoms with E-state index in [2.05, 4.69) is 31.0 Å². The van der Waals surface area contributed by atoms with Gasteiger partial charge in [0, 0.05) is 31.4 Å². The fraction of sp³-hybridized carbons (Fsp3) is 0.600. The lowest BCUT2D eigenvalue weighted by atomic mass is 10.1. The second kappa shape index (κ2) is 6.59. The number of benzene rings is 1. The third kappa shape index (κ3) is 5.13. The number of hydrogen-bond donors (Lipinski definition) is 1. The van der Waals surface area contributed by atoms with Crippen molar-refractivity contribution in [1.29, 1.82) is 0 Å². The minimum atomic E-state index is -3.11. The molecule has 0 atom stereocenters. The molecular formula is C15H26N2O2S. The van der Waals surface area contributed by atoms with Gasteiger partial charge in [0.2, 0.25) is 0 Å². The summed E-state index contributed by atoms with van der Waals surface area (Å²) >= 11 is 0. The maximum absolute atomic E-state index is 11.7. The average Bonchev–Trinajstić information content (AvgIpc) is 2.37. The van der Waals surface area contributed by atoms with Crippen LogP contribution in [0.5, 0.6) is 0 Å². The molecule has 0 aliphatic rings. The largest absolute Gasteiger partial charge is 0.373 e. The molecule has 0 unspecified atom stereocenters. The predicted octanol–water partition coefficient (Wildman–Crippen LogP) is 2.30. The SMILES string of the molecule is CCS(=O)(=O)c1ccc(N(C)CCNC(C)(C)C)cc1. The highest BCUT2D eigenvalue weighted by Crippen LogP contribution is 2.17. The van der Waals surface area contributed by atoms with Crippen molar-refractivity contribution in [2.75, 3.05) is 30.8 Å². The van der Waals surface area contributed by atoms with E-state index in [9.17, 15) is 8.42 Å². The molecule has 4 nitrogen and oxygen atoms in total. The van der Waals surface area contributed by atoms with Gasteiger partial charge in [0.25, 0.3) is 0 Å². The van der Waals surface area contributed by atoms with Gasteiger partial charge in [-0.25, -0.2) is 8.42 Å². The lowest BCUT2D eigenvalue weighted by Gasteiger charge is -2.24. The zero-order valence-corrected chi connectivity index (χ0v) is 13.9. The summed E-state index contributed by atoms with van der Waals surface area (Å²) in [5.41, 5.74) is 1.13. The molecule has 0 radical (unpaired) electrons. The van der Waals surface area contributed by atoms with Crippen LogP contribution in [0.15, 0.2) is 29.2 Å². The Morgan fingerprint density at radius 3 is 2.15 bits per heavy atom. The van der Waals surface area contributed by atoms with Crippen LogP contribution in [0.2, 0.25) is 0 Å². The molecule has 0 bridgehead atoms. The summed E-state index contributed by atoms with van der Waals surface area (Å²) in [4.78, 5) is 2.51. The molecule has 0 saturated heterocycles. The second-order valence-corrected chi connectivity index (χ2v) is 8.27. The normalized spacial score (nSPS) is 12.4. The molecular weight excluding hydrogens is 272 g/mol. The number of sulfone groups is 1. The third-order valence-electron chi connectivity index (χ3n) is 3.12. The molecule has 0 aromatic heterocycles. The van der Waals surface area contributed by atoms with Crippen molar-refractivity contribution in [3.05, 3.63) is 24.3 Å². The topological polar surface area (TPSA) is 49.4 Å². The van der Waals surface area contributed by atoms with Gasteiger partial charge >= 0.3 is 0 Å². The molecule has 0 fully saturated rings. The quantitative estimate of drug-likeness (QED) is 0.875. The summed E-state index contributed by atoms with van der Waals surface area (Å²) < 4.78 is 23.5. The molecule has 0 amide bonds. The lowest BCUT2D eigenvalue weighted by molar-refractivity contribution is 0.431. The zero-order chi connectivity index (χ0) is 15.4. The lowest BCUT2D eigenvalue weighted by Crippen LogP contribution is -2.40. The second-order valence-electron chi connectivity index (χ2n) is 6.00. The number of nitrogens with one attached hydrogen (secondary N) is 1. The minimum Gasteiger partial charge on any atom is -0.373 e. The number of nitrogens with zero attached hydrogens (tertiary/aromatic N) is 1. The van der Waals surface area contributed by atoms with Gasteiger partial charge in [0.05, 0.1) is 10.6 Å². The molecule has 0 spiro atoms. The minimum absolute atomic E-state index is 0.111. The Morgan fingerprint density at radius 1 is 1.15 bits per heavy atom. The standard InChI is InChI=1S/C15H26N2O2S/c1-6-20(18,19)14-9-7-13(8-10-14)17(5)12-11-16-15(2,3)4/h7-10,16H,6,11-12H2,1-5H3. The predicted molar refractivity (Wildman–Crippen MR) is 85.2 cm³/mol. The molecule has 0 saturated carbocycles. The maximum atomic E-state index is 11.7. The van der Waals surface area contributed by atoms with Crippen LogP contribution in [0.1, 0.15) is 27.7 Å². The van der Waals surface area contributed by atoms with E-state index in [4.69, 9.17) is 0 Å². The van der Waals surface area contributed by atoms with Gasteiger partial charge in [0.1, 0.15) is 0 Å². The Hall–Kier alpha value is -1.07. The molecule has 20 heavy (non-hydrogen) atoms. The van der Waals surface area contributed by atoms with E-state index in [1.54, 1.807) is 19.1 Å². The van der Waals surface area contributed by atoms with Gasteiger partial charge in [-0.05, 0) is 45.0 Å². The first-order chi connectivity index (χ1) is 9.15. The van der Waals surface area contributed by atoms with E-state index in [-0.39, 0.29) is 11.3 Å². The number of rotatable bonds is 6. The Bertz CT molecular complexity index is 516. The fourth-order valence-corrected chi connectivity index (χ4v) is 2.69. The number of hydrogen-bond acceptors (Lipinski definition) is 4. The van der Waals surface area contributed by atoms with E-state index in [1.807, 2.05) is 19.2 Å². The summed E-state index contributed by atoms with van der Waals surface area (Å²) in [6, 6.07) is 7.09. The molecule has 0 aliphatic heterocycles. The number of likely N-dealkylation sites (N-methyl/N-ethyl adjacent to an activating group) is 1. The zero-order valence-electron chi connectivity index (χ0n) is 13.1. The Morgan fingerprint density at radius 2 is 1.70 bits per heavy atom. The summed E-state index contributed by atoms with van der Waals surface area (Å²) in [6.07, 6.45) is 0. The smallest absolute Gasteiger partial charge is 0.178 e. The number of anilines is 1. The van der Waals surface area contributed by atoms with E-state index in [0.717, 1.165) is 18.8 Å². The van der Waals surface area contributed by atoms with Crippen molar-refractivity contribution in [1.82, 2.24) is 5.32 Å². The highest BCUT2D eigenvalue weighted by atomic mass is 32.2. The molecule has 114 valence electrons. The molecule has 0 heterocycles. The third-order valence-corrected chi connectivity index (χ3v) is 4.87.